The molecule has 0 radical (unpaired) electrons. The van der Waals surface area contributed by atoms with Crippen molar-refractivity contribution in [1.29, 1.82) is 0 Å². The molecule has 2 aliphatic heterocycles. The molecule has 4 rings (SSSR count). The van der Waals surface area contributed by atoms with Crippen molar-refractivity contribution in [3.63, 3.8) is 0 Å². The number of fused-ring (bicyclic) bond motifs is 1. The molecule has 0 bridgehead atoms. The zero-order chi connectivity index (χ0) is 20.4. The maximum atomic E-state index is 12.8. The molecule has 3 atom stereocenters. The topological polar surface area (TPSA) is 87.7 Å². The quantitative estimate of drug-likeness (QED) is 0.585. The van der Waals surface area contributed by atoms with Crippen LogP contribution in [0, 0.1) is 0 Å². The molecular formula is C22H29N3O4. The van der Waals surface area contributed by atoms with Crippen LogP contribution < -0.4 is 15.4 Å². The van der Waals surface area contributed by atoms with Gasteiger partial charge in [0.25, 0.3) is 5.91 Å². The van der Waals surface area contributed by atoms with Crippen molar-refractivity contribution >= 4 is 17.7 Å². The Morgan fingerprint density at radius 1 is 1.14 bits per heavy atom. The normalized spacial score (nSPS) is 27.4. The lowest BCUT2D eigenvalue weighted by atomic mass is 10.0. The van der Waals surface area contributed by atoms with Gasteiger partial charge in [0.1, 0.15) is 17.9 Å². The zero-order valence-corrected chi connectivity index (χ0v) is 16.9. The number of hydrogen-bond donors (Lipinski definition) is 2. The Morgan fingerprint density at radius 2 is 1.97 bits per heavy atom. The summed E-state index contributed by atoms with van der Waals surface area (Å²) in [6, 6.07) is 5.36. The molecule has 7 nitrogen and oxygen atoms in total. The van der Waals surface area contributed by atoms with E-state index in [4.69, 9.17) is 4.74 Å². The van der Waals surface area contributed by atoms with Crippen LogP contribution in [0.1, 0.15) is 67.8 Å². The van der Waals surface area contributed by atoms with Crippen molar-refractivity contribution < 1.29 is 19.1 Å². The lowest BCUT2D eigenvalue weighted by Gasteiger charge is -2.29. The summed E-state index contributed by atoms with van der Waals surface area (Å²) in [6.45, 7) is 3.41. The lowest BCUT2D eigenvalue weighted by Crippen LogP contribution is -2.52. The number of likely N-dealkylation sites (N-methyl/N-ethyl adjacent to an activating group) is 1. The third-order valence-corrected chi connectivity index (χ3v) is 6.20. The molecule has 1 aromatic rings. The Hall–Kier alpha value is -2.41. The highest BCUT2D eigenvalue weighted by Gasteiger charge is 2.39. The van der Waals surface area contributed by atoms with E-state index in [-0.39, 0.29) is 30.2 Å². The van der Waals surface area contributed by atoms with Crippen LogP contribution in [0.3, 0.4) is 0 Å². The monoisotopic (exact) mass is 399 g/mol. The van der Waals surface area contributed by atoms with Gasteiger partial charge in [-0.2, -0.15) is 0 Å². The van der Waals surface area contributed by atoms with E-state index in [1.807, 2.05) is 12.1 Å². The number of rotatable bonds is 5. The van der Waals surface area contributed by atoms with Gasteiger partial charge < -0.3 is 15.0 Å². The van der Waals surface area contributed by atoms with Crippen LogP contribution >= 0.6 is 0 Å². The van der Waals surface area contributed by atoms with E-state index < -0.39 is 6.04 Å². The molecule has 1 aromatic carbocycles. The van der Waals surface area contributed by atoms with E-state index in [1.54, 1.807) is 11.0 Å². The summed E-state index contributed by atoms with van der Waals surface area (Å²) < 4.78 is 6.36. The van der Waals surface area contributed by atoms with Crippen LogP contribution in [0.25, 0.3) is 0 Å². The van der Waals surface area contributed by atoms with Crippen LogP contribution in [-0.4, -0.2) is 47.4 Å². The molecule has 1 aliphatic carbocycles. The molecule has 3 amide bonds. The molecule has 3 aliphatic rings. The van der Waals surface area contributed by atoms with Crippen molar-refractivity contribution in [2.75, 3.05) is 6.54 Å². The number of nitrogens with zero attached hydrogens (tertiary/aromatic N) is 1. The fraction of sp³-hybridized carbons (Fsp3) is 0.591. The smallest absolute Gasteiger partial charge is 0.255 e. The van der Waals surface area contributed by atoms with Crippen LogP contribution in [0.4, 0.5) is 0 Å². The average molecular weight is 399 g/mol. The highest BCUT2D eigenvalue weighted by molar-refractivity contribution is 6.05. The molecule has 1 unspecified atom stereocenters. The SMILES string of the molecule is CCN[C@@H]1CCCCC[C@H]1Oc1ccc2c(c1)CN(C1CCC(=O)NC1=O)C2=O. The summed E-state index contributed by atoms with van der Waals surface area (Å²) in [5.74, 6) is -0.0342. The van der Waals surface area contributed by atoms with Crippen LogP contribution in [0.5, 0.6) is 5.75 Å². The second kappa shape index (κ2) is 8.53. The molecule has 156 valence electrons. The molecule has 2 fully saturated rings. The Morgan fingerprint density at radius 3 is 2.76 bits per heavy atom. The highest BCUT2D eigenvalue weighted by Crippen LogP contribution is 2.31. The van der Waals surface area contributed by atoms with Crippen molar-refractivity contribution in [2.24, 2.45) is 0 Å². The minimum Gasteiger partial charge on any atom is -0.489 e. The number of piperidine rings is 1. The van der Waals surface area contributed by atoms with Gasteiger partial charge in [0.05, 0.1) is 0 Å². The summed E-state index contributed by atoms with van der Waals surface area (Å²) in [5, 5.41) is 5.89. The molecule has 7 heteroatoms. The first-order valence-corrected chi connectivity index (χ1v) is 10.7. The predicted molar refractivity (Wildman–Crippen MR) is 107 cm³/mol. The van der Waals surface area contributed by atoms with E-state index in [2.05, 4.69) is 17.6 Å². The van der Waals surface area contributed by atoms with E-state index in [1.165, 1.54) is 19.3 Å². The second-order valence-corrected chi connectivity index (χ2v) is 8.18. The third kappa shape index (κ3) is 4.15. The van der Waals surface area contributed by atoms with Crippen molar-refractivity contribution in [3.05, 3.63) is 29.3 Å². The molecule has 1 saturated carbocycles. The zero-order valence-electron chi connectivity index (χ0n) is 16.9. The second-order valence-electron chi connectivity index (χ2n) is 8.18. The van der Waals surface area contributed by atoms with Gasteiger partial charge in [-0.3, -0.25) is 19.7 Å². The first kappa shape index (κ1) is 19.9. The number of carbonyl (C=O) groups excluding carboxylic acids is 3. The number of benzene rings is 1. The van der Waals surface area contributed by atoms with Crippen molar-refractivity contribution in [1.82, 2.24) is 15.5 Å². The number of ether oxygens (including phenoxy) is 1. The van der Waals surface area contributed by atoms with Crippen LogP contribution in [-0.2, 0) is 16.1 Å². The highest BCUT2D eigenvalue weighted by atomic mass is 16.5. The van der Waals surface area contributed by atoms with E-state index in [9.17, 15) is 14.4 Å². The Labute approximate surface area is 171 Å². The van der Waals surface area contributed by atoms with E-state index in [0.717, 1.165) is 30.7 Å². The number of nitrogens with one attached hydrogen (secondary N) is 2. The number of hydrogen-bond acceptors (Lipinski definition) is 5. The molecule has 0 aromatic heterocycles. The average Bonchev–Trinajstić information content (AvgIpc) is 2.86. The molecule has 1 saturated heterocycles. The summed E-state index contributed by atoms with van der Waals surface area (Å²) in [4.78, 5) is 38.0. The van der Waals surface area contributed by atoms with Crippen LogP contribution in [0.2, 0.25) is 0 Å². The molecule has 29 heavy (non-hydrogen) atoms. The summed E-state index contributed by atoms with van der Waals surface area (Å²) in [5.41, 5.74) is 1.50. The first-order chi connectivity index (χ1) is 14.1. The van der Waals surface area contributed by atoms with Gasteiger partial charge in [-0.05, 0) is 56.0 Å². The van der Waals surface area contributed by atoms with Gasteiger partial charge in [0, 0.05) is 24.6 Å². The van der Waals surface area contributed by atoms with Gasteiger partial charge in [-0.25, -0.2) is 0 Å². The van der Waals surface area contributed by atoms with Crippen LogP contribution in [0.15, 0.2) is 18.2 Å². The number of amides is 3. The van der Waals surface area contributed by atoms with Gasteiger partial charge >= 0.3 is 0 Å². The summed E-state index contributed by atoms with van der Waals surface area (Å²) in [7, 11) is 0. The molecular weight excluding hydrogens is 370 g/mol. The maximum Gasteiger partial charge on any atom is 0.255 e. The van der Waals surface area contributed by atoms with Gasteiger partial charge in [-0.15, -0.1) is 0 Å². The Bertz CT molecular complexity index is 809. The van der Waals surface area contributed by atoms with Gasteiger partial charge in [-0.1, -0.05) is 19.8 Å². The fourth-order valence-corrected chi connectivity index (χ4v) is 4.71. The third-order valence-electron chi connectivity index (χ3n) is 6.20. The Kier molecular flexibility index (Phi) is 5.85. The molecule has 0 spiro atoms. The Balaban J connectivity index is 1.48. The molecule has 2 N–H and O–H groups in total. The summed E-state index contributed by atoms with van der Waals surface area (Å²) >= 11 is 0. The molecule has 2 heterocycles. The van der Waals surface area contributed by atoms with E-state index in [0.29, 0.717) is 24.6 Å². The van der Waals surface area contributed by atoms with Gasteiger partial charge in [0.2, 0.25) is 11.8 Å². The van der Waals surface area contributed by atoms with Crippen molar-refractivity contribution in [2.45, 2.75) is 76.6 Å². The standard InChI is InChI=1S/C22H29N3O4/c1-2-23-17-6-4-3-5-7-19(17)29-15-8-9-16-14(12-15)13-25(22(16)28)18-10-11-20(26)24-21(18)27/h8-9,12,17-19,23H,2-7,10-11,13H2,1H3,(H,24,26,27)/t17-,18?,19-/m1/s1. The fourth-order valence-electron chi connectivity index (χ4n) is 4.71. The maximum absolute atomic E-state index is 12.8. The predicted octanol–water partition coefficient (Wildman–Crippen LogP) is 2.14. The summed E-state index contributed by atoms with van der Waals surface area (Å²) in [6.07, 6.45) is 6.52. The van der Waals surface area contributed by atoms with Crippen molar-refractivity contribution in [3.8, 4) is 5.75 Å². The van der Waals surface area contributed by atoms with E-state index >= 15 is 0 Å². The minimum atomic E-state index is -0.586. The largest absolute Gasteiger partial charge is 0.489 e. The van der Waals surface area contributed by atoms with Gasteiger partial charge in [0.15, 0.2) is 0 Å². The number of imide groups is 1. The number of carbonyl (C=O) groups is 3. The minimum absolute atomic E-state index is 0.124. The lowest BCUT2D eigenvalue weighted by molar-refractivity contribution is -0.136. The first-order valence-electron chi connectivity index (χ1n) is 10.7.